The fourth-order valence-electron chi connectivity index (χ4n) is 2.24. The number of nitrogens with zero attached hydrogens (tertiary/aromatic N) is 1. The maximum absolute atomic E-state index is 5.63. The van der Waals surface area contributed by atoms with Crippen molar-refractivity contribution in [2.45, 2.75) is 18.8 Å². The zero-order valence-electron chi connectivity index (χ0n) is 9.15. The summed E-state index contributed by atoms with van der Waals surface area (Å²) < 4.78 is 5.39. The lowest BCUT2D eigenvalue weighted by Gasteiger charge is -2.46. The molecule has 1 unspecified atom stereocenters. The molecule has 1 aromatic rings. The molecule has 1 aromatic heterocycles. The third-order valence-electron chi connectivity index (χ3n) is 3.50. The topological polar surface area (TPSA) is 48.1 Å². The Morgan fingerprint density at radius 3 is 2.87 bits per heavy atom. The Morgan fingerprint density at radius 2 is 2.40 bits per heavy atom. The number of pyridine rings is 1. The van der Waals surface area contributed by atoms with Crippen LogP contribution < -0.4 is 5.73 Å². The van der Waals surface area contributed by atoms with Gasteiger partial charge in [-0.1, -0.05) is 13.0 Å². The predicted octanol–water partition coefficient (Wildman–Crippen LogP) is 1.33. The van der Waals surface area contributed by atoms with Gasteiger partial charge in [0.1, 0.15) is 0 Å². The third-order valence-corrected chi connectivity index (χ3v) is 3.50. The summed E-state index contributed by atoms with van der Waals surface area (Å²) in [5, 5.41) is 0. The van der Waals surface area contributed by atoms with Crippen LogP contribution in [0.4, 0.5) is 0 Å². The lowest BCUT2D eigenvalue weighted by Crippen LogP contribution is -2.52. The SMILES string of the molecule is CC(CCN)C1(c2cccnc2)COC1. The lowest BCUT2D eigenvalue weighted by atomic mass is 9.69. The van der Waals surface area contributed by atoms with Gasteiger partial charge in [-0.2, -0.15) is 0 Å². The normalized spacial score (nSPS) is 20.7. The first-order chi connectivity index (χ1) is 7.29. The molecule has 0 amide bonds. The number of ether oxygens (including phenoxy) is 1. The van der Waals surface area contributed by atoms with Crippen molar-refractivity contribution < 1.29 is 4.74 Å². The Hall–Kier alpha value is -0.930. The van der Waals surface area contributed by atoms with E-state index in [1.165, 1.54) is 5.56 Å². The van der Waals surface area contributed by atoms with Gasteiger partial charge in [-0.25, -0.2) is 0 Å². The van der Waals surface area contributed by atoms with Gasteiger partial charge in [-0.15, -0.1) is 0 Å². The van der Waals surface area contributed by atoms with Crippen LogP contribution in [0.1, 0.15) is 18.9 Å². The average molecular weight is 206 g/mol. The van der Waals surface area contributed by atoms with Crippen molar-refractivity contribution in [3.05, 3.63) is 30.1 Å². The van der Waals surface area contributed by atoms with Crippen molar-refractivity contribution in [3.8, 4) is 0 Å². The van der Waals surface area contributed by atoms with E-state index < -0.39 is 0 Å². The second kappa shape index (κ2) is 4.29. The Morgan fingerprint density at radius 1 is 1.60 bits per heavy atom. The van der Waals surface area contributed by atoms with Crippen molar-refractivity contribution in [3.63, 3.8) is 0 Å². The summed E-state index contributed by atoms with van der Waals surface area (Å²) in [5.41, 5.74) is 7.08. The number of rotatable bonds is 4. The van der Waals surface area contributed by atoms with Crippen molar-refractivity contribution in [1.29, 1.82) is 0 Å². The van der Waals surface area contributed by atoms with Crippen LogP contribution in [0.15, 0.2) is 24.5 Å². The van der Waals surface area contributed by atoms with Gasteiger partial charge in [-0.3, -0.25) is 4.98 Å². The van der Waals surface area contributed by atoms with E-state index >= 15 is 0 Å². The van der Waals surface area contributed by atoms with Gasteiger partial charge in [0.05, 0.1) is 13.2 Å². The first-order valence-corrected chi connectivity index (χ1v) is 5.48. The molecule has 0 spiro atoms. The number of nitrogens with two attached hydrogens (primary N) is 1. The molecular weight excluding hydrogens is 188 g/mol. The van der Waals surface area contributed by atoms with Crippen molar-refractivity contribution in [2.24, 2.45) is 11.7 Å². The van der Waals surface area contributed by atoms with E-state index in [2.05, 4.69) is 18.0 Å². The van der Waals surface area contributed by atoms with E-state index in [1.54, 1.807) is 0 Å². The molecule has 3 heteroatoms. The van der Waals surface area contributed by atoms with Gasteiger partial charge in [0, 0.05) is 17.8 Å². The molecule has 1 fully saturated rings. The molecule has 0 aromatic carbocycles. The standard InChI is InChI=1S/C12H18N2O/c1-10(4-5-13)12(8-15-9-12)11-3-2-6-14-7-11/h2-3,6-7,10H,4-5,8-9,13H2,1H3. The molecule has 1 aliphatic rings. The predicted molar refractivity (Wildman–Crippen MR) is 59.6 cm³/mol. The molecule has 2 heterocycles. The molecule has 3 nitrogen and oxygen atoms in total. The smallest absolute Gasteiger partial charge is 0.0588 e. The molecule has 82 valence electrons. The highest BCUT2D eigenvalue weighted by Gasteiger charge is 2.44. The highest BCUT2D eigenvalue weighted by molar-refractivity contribution is 5.26. The largest absolute Gasteiger partial charge is 0.379 e. The number of hydrogen-bond acceptors (Lipinski definition) is 3. The molecular formula is C12H18N2O. The molecule has 0 aliphatic carbocycles. The molecule has 0 saturated carbocycles. The van der Waals surface area contributed by atoms with Crippen molar-refractivity contribution in [1.82, 2.24) is 4.98 Å². The fourth-order valence-corrected chi connectivity index (χ4v) is 2.24. The average Bonchev–Trinajstić information content (AvgIpc) is 2.18. The minimum Gasteiger partial charge on any atom is -0.379 e. The first kappa shape index (κ1) is 10.6. The summed E-state index contributed by atoms with van der Waals surface area (Å²) in [7, 11) is 0. The van der Waals surface area contributed by atoms with Crippen LogP contribution >= 0.6 is 0 Å². The molecule has 2 N–H and O–H groups in total. The maximum Gasteiger partial charge on any atom is 0.0588 e. The second-order valence-corrected chi connectivity index (χ2v) is 4.37. The van der Waals surface area contributed by atoms with E-state index in [0.29, 0.717) is 5.92 Å². The summed E-state index contributed by atoms with van der Waals surface area (Å²) in [4.78, 5) is 4.19. The van der Waals surface area contributed by atoms with Crippen molar-refractivity contribution in [2.75, 3.05) is 19.8 Å². The number of hydrogen-bond donors (Lipinski definition) is 1. The van der Waals surface area contributed by atoms with Gasteiger partial charge in [0.2, 0.25) is 0 Å². The van der Waals surface area contributed by atoms with E-state index in [1.807, 2.05) is 18.5 Å². The summed E-state index contributed by atoms with van der Waals surface area (Å²) >= 11 is 0. The third kappa shape index (κ3) is 1.77. The highest BCUT2D eigenvalue weighted by atomic mass is 16.5. The lowest BCUT2D eigenvalue weighted by molar-refractivity contribution is -0.0884. The van der Waals surface area contributed by atoms with Gasteiger partial charge in [0.15, 0.2) is 0 Å². The molecule has 15 heavy (non-hydrogen) atoms. The summed E-state index contributed by atoms with van der Waals surface area (Å²) in [6.07, 6.45) is 4.80. The van der Waals surface area contributed by atoms with Crippen LogP contribution in [0.25, 0.3) is 0 Å². The first-order valence-electron chi connectivity index (χ1n) is 5.48. The van der Waals surface area contributed by atoms with E-state index in [-0.39, 0.29) is 5.41 Å². The molecule has 0 bridgehead atoms. The zero-order valence-corrected chi connectivity index (χ0v) is 9.15. The highest BCUT2D eigenvalue weighted by Crippen LogP contribution is 2.40. The molecule has 0 radical (unpaired) electrons. The van der Waals surface area contributed by atoms with E-state index in [0.717, 1.165) is 26.2 Å². The van der Waals surface area contributed by atoms with E-state index in [9.17, 15) is 0 Å². The van der Waals surface area contributed by atoms with Crippen LogP contribution in [0, 0.1) is 5.92 Å². The summed E-state index contributed by atoms with van der Waals surface area (Å²) in [6, 6.07) is 4.13. The van der Waals surface area contributed by atoms with Crippen LogP contribution in [0.3, 0.4) is 0 Å². The van der Waals surface area contributed by atoms with Crippen LogP contribution in [0.5, 0.6) is 0 Å². The second-order valence-electron chi connectivity index (χ2n) is 4.37. The Kier molecular flexibility index (Phi) is 3.03. The summed E-state index contributed by atoms with van der Waals surface area (Å²) in [5.74, 6) is 0.556. The zero-order chi connectivity index (χ0) is 10.7. The van der Waals surface area contributed by atoms with Crippen molar-refractivity contribution >= 4 is 0 Å². The van der Waals surface area contributed by atoms with Crippen LogP contribution in [0.2, 0.25) is 0 Å². The summed E-state index contributed by atoms with van der Waals surface area (Å²) in [6.45, 7) is 4.60. The Bertz CT molecular complexity index is 309. The quantitative estimate of drug-likeness (QED) is 0.808. The van der Waals surface area contributed by atoms with Gasteiger partial charge in [0.25, 0.3) is 0 Å². The van der Waals surface area contributed by atoms with Gasteiger partial charge >= 0.3 is 0 Å². The molecule has 1 aliphatic heterocycles. The fraction of sp³-hybridized carbons (Fsp3) is 0.583. The molecule has 1 atom stereocenters. The van der Waals surface area contributed by atoms with Crippen LogP contribution in [-0.4, -0.2) is 24.7 Å². The Labute approximate surface area is 90.7 Å². The minimum absolute atomic E-state index is 0.160. The molecule has 1 saturated heterocycles. The molecule has 2 rings (SSSR count). The number of aromatic nitrogens is 1. The monoisotopic (exact) mass is 206 g/mol. The Balaban J connectivity index is 2.22. The van der Waals surface area contributed by atoms with E-state index in [4.69, 9.17) is 10.5 Å². The van der Waals surface area contributed by atoms with Crippen LogP contribution in [-0.2, 0) is 10.2 Å². The minimum atomic E-state index is 0.160. The maximum atomic E-state index is 5.63. The van der Waals surface area contributed by atoms with Gasteiger partial charge < -0.3 is 10.5 Å². The van der Waals surface area contributed by atoms with Gasteiger partial charge in [-0.05, 0) is 30.5 Å².